The number of rotatable bonds is 6. The van der Waals surface area contributed by atoms with E-state index in [0.717, 1.165) is 37.4 Å². The Morgan fingerprint density at radius 1 is 1.00 bits per heavy atom. The molecule has 1 fully saturated rings. The van der Waals surface area contributed by atoms with Gasteiger partial charge in [-0.25, -0.2) is 9.97 Å². The van der Waals surface area contributed by atoms with Crippen LogP contribution in [-0.4, -0.2) is 58.3 Å². The van der Waals surface area contributed by atoms with Gasteiger partial charge in [-0.15, -0.1) is 5.10 Å². The number of aromatic nitrogens is 9. The minimum absolute atomic E-state index is 0.285. The van der Waals surface area contributed by atoms with E-state index in [9.17, 15) is 0 Å². The van der Waals surface area contributed by atoms with Gasteiger partial charge in [0.2, 0.25) is 0 Å². The predicted octanol–water partition coefficient (Wildman–Crippen LogP) is 1.77. The van der Waals surface area contributed by atoms with Crippen LogP contribution in [0.5, 0.6) is 5.75 Å². The average molecular weight is 418 g/mol. The Balaban J connectivity index is 1.14. The highest BCUT2D eigenvalue weighted by Crippen LogP contribution is 2.24. The van der Waals surface area contributed by atoms with Crippen molar-refractivity contribution in [3.8, 4) is 11.6 Å². The molecule has 1 aliphatic rings. The van der Waals surface area contributed by atoms with E-state index in [1.54, 1.807) is 18.5 Å². The Morgan fingerprint density at radius 2 is 1.84 bits per heavy atom. The molecule has 0 atom stereocenters. The molecule has 0 spiro atoms. The van der Waals surface area contributed by atoms with E-state index in [1.807, 2.05) is 17.1 Å². The molecule has 11 nitrogen and oxygen atoms in total. The largest absolute Gasteiger partial charge is 0.486 e. The summed E-state index contributed by atoms with van der Waals surface area (Å²) in [5.74, 6) is 2.30. The summed E-state index contributed by atoms with van der Waals surface area (Å²) >= 11 is 0. The van der Waals surface area contributed by atoms with Crippen molar-refractivity contribution in [3.63, 3.8) is 0 Å². The van der Waals surface area contributed by atoms with Crippen LogP contribution < -0.4 is 9.64 Å². The molecule has 0 aromatic carbocycles. The van der Waals surface area contributed by atoms with Crippen molar-refractivity contribution in [2.24, 2.45) is 0 Å². The maximum atomic E-state index is 5.79. The van der Waals surface area contributed by atoms with Crippen molar-refractivity contribution in [3.05, 3.63) is 60.4 Å². The highest BCUT2D eigenvalue weighted by atomic mass is 16.5. The first-order valence-corrected chi connectivity index (χ1v) is 10.1. The molecule has 0 radical (unpaired) electrons. The van der Waals surface area contributed by atoms with Crippen molar-refractivity contribution >= 4 is 5.82 Å². The lowest BCUT2D eigenvalue weighted by molar-refractivity contribution is 0.291. The molecule has 11 heteroatoms. The van der Waals surface area contributed by atoms with Gasteiger partial charge in [-0.1, -0.05) is 6.07 Å². The summed E-state index contributed by atoms with van der Waals surface area (Å²) in [6.07, 6.45) is 8.76. The first-order valence-electron chi connectivity index (χ1n) is 10.1. The number of tetrazole rings is 1. The van der Waals surface area contributed by atoms with E-state index in [-0.39, 0.29) is 6.04 Å². The third-order valence-corrected chi connectivity index (χ3v) is 5.26. The summed E-state index contributed by atoms with van der Waals surface area (Å²) in [6.45, 7) is 4.26. The molecule has 158 valence electrons. The Bertz CT molecular complexity index is 1100. The van der Waals surface area contributed by atoms with Gasteiger partial charge in [0.05, 0.1) is 18.4 Å². The minimum atomic E-state index is 0.285. The number of ether oxygens (including phenoxy) is 1. The van der Waals surface area contributed by atoms with Crippen molar-refractivity contribution in [2.45, 2.75) is 32.4 Å². The van der Waals surface area contributed by atoms with Crippen LogP contribution in [0, 0.1) is 6.92 Å². The molecule has 0 aliphatic carbocycles. The first kappa shape index (κ1) is 19.1. The summed E-state index contributed by atoms with van der Waals surface area (Å²) in [7, 11) is 0. The van der Waals surface area contributed by atoms with Crippen LogP contribution in [0.15, 0.2) is 49.2 Å². The zero-order valence-corrected chi connectivity index (χ0v) is 17.1. The van der Waals surface area contributed by atoms with Crippen molar-refractivity contribution in [1.82, 2.24) is 45.2 Å². The fraction of sp³-hybridized carbons (Fsp3) is 0.350. The molecule has 1 saturated heterocycles. The summed E-state index contributed by atoms with van der Waals surface area (Å²) in [5.41, 5.74) is 1.96. The minimum Gasteiger partial charge on any atom is -0.486 e. The van der Waals surface area contributed by atoms with Gasteiger partial charge in [0.15, 0.2) is 5.82 Å². The van der Waals surface area contributed by atoms with Gasteiger partial charge in [-0.05, 0) is 54.0 Å². The number of hydrogen-bond acceptors (Lipinski definition) is 9. The lowest BCUT2D eigenvalue weighted by atomic mass is 10.1. The molecule has 1 aliphatic heterocycles. The van der Waals surface area contributed by atoms with Gasteiger partial charge in [0.25, 0.3) is 0 Å². The van der Waals surface area contributed by atoms with E-state index < -0.39 is 0 Å². The van der Waals surface area contributed by atoms with Gasteiger partial charge in [-0.2, -0.15) is 19.7 Å². The lowest BCUT2D eigenvalue weighted by Gasteiger charge is -2.32. The van der Waals surface area contributed by atoms with Crippen molar-refractivity contribution < 1.29 is 4.74 Å². The van der Waals surface area contributed by atoms with E-state index in [1.165, 1.54) is 16.6 Å². The number of aryl methyl sites for hydroxylation is 1. The van der Waals surface area contributed by atoms with Crippen molar-refractivity contribution in [1.29, 1.82) is 0 Å². The summed E-state index contributed by atoms with van der Waals surface area (Å²) < 4.78 is 7.28. The maximum absolute atomic E-state index is 5.79. The fourth-order valence-electron chi connectivity index (χ4n) is 3.54. The molecule has 0 N–H and O–H groups in total. The fourth-order valence-corrected chi connectivity index (χ4v) is 3.54. The van der Waals surface area contributed by atoms with Gasteiger partial charge < -0.3 is 9.64 Å². The third-order valence-electron chi connectivity index (χ3n) is 5.26. The van der Waals surface area contributed by atoms with E-state index in [4.69, 9.17) is 4.74 Å². The Labute approximate surface area is 178 Å². The van der Waals surface area contributed by atoms with Gasteiger partial charge in [-0.3, -0.25) is 0 Å². The van der Waals surface area contributed by atoms with Crippen LogP contribution in [-0.2, 0) is 6.61 Å². The second-order valence-electron chi connectivity index (χ2n) is 7.46. The van der Waals surface area contributed by atoms with E-state index in [0.29, 0.717) is 18.2 Å². The molecular weight excluding hydrogens is 396 g/mol. The third kappa shape index (κ3) is 4.34. The molecule has 5 rings (SSSR count). The molecular formula is C20H22N10O. The number of nitrogens with zero attached hydrogens (tertiary/aromatic N) is 10. The van der Waals surface area contributed by atoms with Crippen molar-refractivity contribution in [2.75, 3.05) is 18.0 Å². The zero-order valence-electron chi connectivity index (χ0n) is 17.1. The number of anilines is 1. The number of hydrogen-bond donors (Lipinski definition) is 0. The second kappa shape index (κ2) is 8.46. The highest BCUT2D eigenvalue weighted by molar-refractivity contribution is 5.39. The van der Waals surface area contributed by atoms with Crippen LogP contribution in [0.25, 0.3) is 5.82 Å². The molecule has 4 aromatic rings. The first-order chi connectivity index (χ1) is 15.2. The Morgan fingerprint density at radius 3 is 2.55 bits per heavy atom. The molecule has 0 bridgehead atoms. The van der Waals surface area contributed by atoms with E-state index in [2.05, 4.69) is 59.6 Å². The lowest BCUT2D eigenvalue weighted by Crippen LogP contribution is -2.35. The molecule has 0 amide bonds. The topological polar surface area (TPSA) is 113 Å². The van der Waals surface area contributed by atoms with Crippen LogP contribution in [0.3, 0.4) is 0 Å². The zero-order chi connectivity index (χ0) is 21.0. The average Bonchev–Trinajstić information content (AvgIpc) is 3.51. The molecule has 0 saturated carbocycles. The van der Waals surface area contributed by atoms with Crippen LogP contribution >= 0.6 is 0 Å². The van der Waals surface area contributed by atoms with E-state index >= 15 is 0 Å². The van der Waals surface area contributed by atoms with Gasteiger partial charge in [0, 0.05) is 19.3 Å². The summed E-state index contributed by atoms with van der Waals surface area (Å²) in [6, 6.07) is 8.09. The summed E-state index contributed by atoms with van der Waals surface area (Å²) in [4.78, 5) is 13.0. The smallest absolute Gasteiger partial charge is 0.157 e. The Kier molecular flexibility index (Phi) is 5.21. The predicted molar refractivity (Wildman–Crippen MR) is 111 cm³/mol. The monoisotopic (exact) mass is 418 g/mol. The van der Waals surface area contributed by atoms with Crippen LogP contribution in [0.1, 0.15) is 30.1 Å². The Hall–Kier alpha value is -3.89. The second-order valence-corrected chi connectivity index (χ2v) is 7.46. The highest BCUT2D eigenvalue weighted by Gasteiger charge is 2.23. The number of pyridine rings is 2. The number of piperidine rings is 1. The normalized spacial score (nSPS) is 14.7. The van der Waals surface area contributed by atoms with Gasteiger partial charge >= 0.3 is 0 Å². The maximum Gasteiger partial charge on any atom is 0.157 e. The SMILES string of the molecule is Cc1ccc(N2CCC(n3ncc(COc4ccc(-n5cnnn5)nc4)n3)CC2)nc1. The van der Waals surface area contributed by atoms with Crippen LogP contribution in [0.4, 0.5) is 5.82 Å². The summed E-state index contributed by atoms with van der Waals surface area (Å²) in [5, 5.41) is 20.1. The molecule has 0 unspecified atom stereocenters. The van der Waals surface area contributed by atoms with Crippen LogP contribution in [0.2, 0.25) is 0 Å². The quantitative estimate of drug-likeness (QED) is 0.462. The molecule has 5 heterocycles. The molecule has 31 heavy (non-hydrogen) atoms. The standard InChI is InChI=1S/C20H22N10O/c1-15-2-4-19(21-10-15)28-8-6-17(7-9-28)30-24-11-16(25-30)13-31-18-3-5-20(22-12-18)29-14-23-26-27-29/h2-5,10-12,14,17H,6-9,13H2,1H3. The van der Waals surface area contributed by atoms with Gasteiger partial charge in [0.1, 0.15) is 30.2 Å². The molecule has 4 aromatic heterocycles.